The molecule has 0 spiro atoms. The summed E-state index contributed by atoms with van der Waals surface area (Å²) in [6, 6.07) is 16.5. The lowest BCUT2D eigenvalue weighted by Crippen LogP contribution is -2.26. The summed E-state index contributed by atoms with van der Waals surface area (Å²) in [5.41, 5.74) is 3.02. The number of rotatable bonds is 4. The maximum atomic E-state index is 13.2. The minimum atomic E-state index is -0.742. The van der Waals surface area contributed by atoms with Crippen molar-refractivity contribution in [3.63, 3.8) is 0 Å². The maximum Gasteiger partial charge on any atom is 0.270 e. The lowest BCUT2D eigenvalue weighted by Gasteiger charge is -2.19. The fourth-order valence-electron chi connectivity index (χ4n) is 3.51. The molecule has 0 fully saturated rings. The number of nitrogens with zero attached hydrogens (tertiary/aromatic N) is 3. The number of pyridine rings is 1. The van der Waals surface area contributed by atoms with E-state index in [4.69, 9.17) is 27.9 Å². The van der Waals surface area contributed by atoms with Gasteiger partial charge in [-0.15, -0.1) is 5.10 Å². The Kier molecular flexibility index (Phi) is 5.39. The number of para-hydroxylation sites is 1. The van der Waals surface area contributed by atoms with E-state index in [1.807, 2.05) is 30.5 Å². The number of fused-ring (bicyclic) bond motifs is 1. The van der Waals surface area contributed by atoms with Crippen molar-refractivity contribution >= 4 is 52.0 Å². The molecule has 0 bridgehead atoms. The van der Waals surface area contributed by atoms with E-state index in [1.165, 1.54) is 11.1 Å². The van der Waals surface area contributed by atoms with Crippen LogP contribution >= 0.6 is 23.2 Å². The van der Waals surface area contributed by atoms with Crippen molar-refractivity contribution in [3.05, 3.63) is 106 Å². The van der Waals surface area contributed by atoms with Gasteiger partial charge in [-0.2, -0.15) is 5.01 Å². The van der Waals surface area contributed by atoms with Gasteiger partial charge in [-0.05, 0) is 36.4 Å². The standard InChI is InChI=1S/C24H16Cl2N4O2/c25-19-5-3-6-20(26)17(19)8-9-22(31)30-24(18-14-28-21-7-2-1-4-16(18)21)32-23(29-30)15-10-12-27-13-11-15/h1-14,24,28H/b9-8+. The fourth-order valence-corrected chi connectivity index (χ4v) is 4.03. The minimum absolute atomic E-state index is 0.334. The van der Waals surface area contributed by atoms with Gasteiger partial charge in [0.2, 0.25) is 12.1 Å². The van der Waals surface area contributed by atoms with Crippen LogP contribution in [0.4, 0.5) is 0 Å². The Bertz CT molecular complexity index is 1340. The summed E-state index contributed by atoms with van der Waals surface area (Å²) < 4.78 is 6.15. The molecule has 6 nitrogen and oxygen atoms in total. The van der Waals surface area contributed by atoms with Gasteiger partial charge in [-0.1, -0.05) is 47.5 Å². The molecule has 0 saturated heterocycles. The zero-order valence-corrected chi connectivity index (χ0v) is 18.1. The molecule has 1 amide bonds. The molecule has 1 aliphatic rings. The minimum Gasteiger partial charge on any atom is -0.446 e. The Morgan fingerprint density at radius 2 is 1.78 bits per heavy atom. The fraction of sp³-hybridized carbons (Fsp3) is 0.0417. The number of amides is 1. The molecule has 8 heteroatoms. The van der Waals surface area contributed by atoms with Crippen molar-refractivity contribution in [2.75, 3.05) is 0 Å². The van der Waals surface area contributed by atoms with Gasteiger partial charge < -0.3 is 9.72 Å². The molecule has 32 heavy (non-hydrogen) atoms. The van der Waals surface area contributed by atoms with Gasteiger partial charge in [-0.3, -0.25) is 9.78 Å². The number of carbonyl (C=O) groups excluding carboxylic acids is 1. The summed E-state index contributed by atoms with van der Waals surface area (Å²) in [5.74, 6) is -0.0412. The second-order valence-corrected chi connectivity index (χ2v) is 7.87. The van der Waals surface area contributed by atoms with Crippen LogP contribution in [0.15, 0.2) is 84.4 Å². The molecular weight excluding hydrogens is 447 g/mol. The van der Waals surface area contributed by atoms with Crippen LogP contribution in [0.5, 0.6) is 0 Å². The number of hydrogen-bond acceptors (Lipinski definition) is 4. The number of aromatic amines is 1. The Labute approximate surface area is 193 Å². The molecule has 1 unspecified atom stereocenters. The van der Waals surface area contributed by atoms with Crippen LogP contribution in [0, 0.1) is 0 Å². The van der Waals surface area contributed by atoms with Gasteiger partial charge in [-0.25, -0.2) is 0 Å². The van der Waals surface area contributed by atoms with Gasteiger partial charge in [0.1, 0.15) is 0 Å². The first kappa shape index (κ1) is 20.3. The first-order valence-corrected chi connectivity index (χ1v) is 10.5. The summed E-state index contributed by atoms with van der Waals surface area (Å²) in [7, 11) is 0. The topological polar surface area (TPSA) is 70.6 Å². The second-order valence-electron chi connectivity index (χ2n) is 7.05. The number of ether oxygens (including phenoxy) is 1. The van der Waals surface area contributed by atoms with Crippen LogP contribution in [0.3, 0.4) is 0 Å². The number of nitrogens with one attached hydrogen (secondary N) is 1. The van der Waals surface area contributed by atoms with E-state index in [2.05, 4.69) is 15.1 Å². The number of H-pyrrole nitrogens is 1. The van der Waals surface area contributed by atoms with Crippen molar-refractivity contribution in [2.45, 2.75) is 6.23 Å². The van der Waals surface area contributed by atoms with Crippen LogP contribution < -0.4 is 0 Å². The zero-order valence-electron chi connectivity index (χ0n) is 16.6. The number of carbonyl (C=O) groups is 1. The van der Waals surface area contributed by atoms with Crippen LogP contribution in [0.1, 0.15) is 22.9 Å². The van der Waals surface area contributed by atoms with E-state index in [0.717, 1.165) is 22.0 Å². The number of halogens is 2. The number of hydrogen-bond donors (Lipinski definition) is 1. The predicted molar refractivity (Wildman–Crippen MR) is 125 cm³/mol. The Morgan fingerprint density at radius 3 is 2.56 bits per heavy atom. The zero-order chi connectivity index (χ0) is 22.1. The Hall–Kier alpha value is -3.61. The normalized spacial score (nSPS) is 15.9. The molecule has 4 aromatic rings. The summed E-state index contributed by atoms with van der Waals surface area (Å²) in [5, 5.41) is 7.64. The quantitative estimate of drug-likeness (QED) is 0.389. The van der Waals surface area contributed by atoms with E-state index < -0.39 is 6.23 Å². The van der Waals surface area contributed by atoms with E-state index >= 15 is 0 Å². The molecule has 1 N–H and O–H groups in total. The third kappa shape index (κ3) is 3.75. The largest absolute Gasteiger partial charge is 0.446 e. The summed E-state index contributed by atoms with van der Waals surface area (Å²) in [4.78, 5) is 20.5. The SMILES string of the molecule is O=C(/C=C/c1c(Cl)cccc1Cl)N1N=C(c2ccncc2)OC1c1c[nH]c2ccccc12. The predicted octanol–water partition coefficient (Wildman–Crippen LogP) is 5.80. The molecule has 0 saturated carbocycles. The maximum absolute atomic E-state index is 13.2. The summed E-state index contributed by atoms with van der Waals surface area (Å²) in [6.45, 7) is 0. The van der Waals surface area contributed by atoms with Crippen molar-refractivity contribution in [1.82, 2.24) is 15.0 Å². The van der Waals surface area contributed by atoms with Gasteiger partial charge in [0.05, 0.1) is 0 Å². The van der Waals surface area contributed by atoms with Crippen molar-refractivity contribution in [3.8, 4) is 0 Å². The van der Waals surface area contributed by atoms with Crippen LogP contribution in [0.25, 0.3) is 17.0 Å². The van der Waals surface area contributed by atoms with E-state index in [1.54, 1.807) is 48.8 Å². The first-order valence-electron chi connectivity index (χ1n) is 9.79. The average Bonchev–Trinajstić information content (AvgIpc) is 3.44. The van der Waals surface area contributed by atoms with Gasteiger partial charge in [0.25, 0.3) is 5.91 Å². The molecule has 2 aromatic carbocycles. The van der Waals surface area contributed by atoms with E-state index in [-0.39, 0.29) is 5.91 Å². The number of hydrazone groups is 1. The Balaban J connectivity index is 1.53. The lowest BCUT2D eigenvalue weighted by molar-refractivity contribution is -0.132. The molecular formula is C24H16Cl2N4O2. The van der Waals surface area contributed by atoms with Crippen LogP contribution in [-0.2, 0) is 9.53 Å². The van der Waals surface area contributed by atoms with E-state index in [0.29, 0.717) is 21.5 Å². The molecule has 0 radical (unpaired) electrons. The molecule has 0 aliphatic carbocycles. The first-order chi connectivity index (χ1) is 15.6. The molecule has 3 heterocycles. The smallest absolute Gasteiger partial charge is 0.270 e. The molecule has 1 aliphatic heterocycles. The highest BCUT2D eigenvalue weighted by molar-refractivity contribution is 6.37. The second kappa shape index (κ2) is 8.49. The van der Waals surface area contributed by atoms with Crippen molar-refractivity contribution in [1.29, 1.82) is 0 Å². The average molecular weight is 463 g/mol. The molecule has 5 rings (SSSR count). The van der Waals surface area contributed by atoms with Crippen molar-refractivity contribution in [2.24, 2.45) is 5.10 Å². The van der Waals surface area contributed by atoms with E-state index in [9.17, 15) is 4.79 Å². The highest BCUT2D eigenvalue weighted by Crippen LogP contribution is 2.35. The number of aromatic nitrogens is 2. The highest BCUT2D eigenvalue weighted by atomic mass is 35.5. The third-order valence-corrected chi connectivity index (χ3v) is 5.74. The monoisotopic (exact) mass is 462 g/mol. The lowest BCUT2D eigenvalue weighted by atomic mass is 10.1. The van der Waals surface area contributed by atoms with Gasteiger partial charge in [0.15, 0.2) is 0 Å². The highest BCUT2D eigenvalue weighted by Gasteiger charge is 2.35. The third-order valence-electron chi connectivity index (χ3n) is 5.08. The Morgan fingerprint density at radius 1 is 1.03 bits per heavy atom. The molecule has 158 valence electrons. The van der Waals surface area contributed by atoms with Crippen LogP contribution in [0.2, 0.25) is 10.0 Å². The van der Waals surface area contributed by atoms with Crippen molar-refractivity contribution < 1.29 is 9.53 Å². The number of benzene rings is 2. The molecule has 2 aromatic heterocycles. The van der Waals surface area contributed by atoms with Gasteiger partial charge in [0, 0.05) is 62.3 Å². The molecule has 1 atom stereocenters. The summed E-state index contributed by atoms with van der Waals surface area (Å²) >= 11 is 12.5. The van der Waals surface area contributed by atoms with Crippen LogP contribution in [-0.4, -0.2) is 26.8 Å². The summed E-state index contributed by atoms with van der Waals surface area (Å²) in [6.07, 6.45) is 7.34. The van der Waals surface area contributed by atoms with Gasteiger partial charge >= 0.3 is 0 Å².